The summed E-state index contributed by atoms with van der Waals surface area (Å²) in [5, 5.41) is 0. The molecule has 0 aliphatic rings. The van der Waals surface area contributed by atoms with Crippen LogP contribution in [0.1, 0.15) is 79.1 Å². The zero-order valence-electron chi connectivity index (χ0n) is 14.2. The third kappa shape index (κ3) is 7.28. The number of nitrogens with two attached hydrogens (primary N) is 1. The van der Waals surface area contributed by atoms with Crippen LogP contribution in [0.3, 0.4) is 0 Å². The molecule has 2 atom stereocenters. The summed E-state index contributed by atoms with van der Waals surface area (Å²) in [4.78, 5) is 14.2. The average molecular weight is 284 g/mol. The highest BCUT2D eigenvalue weighted by Gasteiger charge is 2.28. The summed E-state index contributed by atoms with van der Waals surface area (Å²) in [6.45, 7) is 10.7. The number of amides is 1. The van der Waals surface area contributed by atoms with Gasteiger partial charge in [0.05, 0.1) is 5.92 Å². The second kappa shape index (κ2) is 12.2. The van der Waals surface area contributed by atoms with Gasteiger partial charge in [-0.3, -0.25) is 4.79 Å². The molecule has 1 amide bonds. The molecule has 0 bridgehead atoms. The maximum absolute atomic E-state index is 11.8. The van der Waals surface area contributed by atoms with Gasteiger partial charge in [-0.2, -0.15) is 0 Å². The van der Waals surface area contributed by atoms with Gasteiger partial charge in [0.1, 0.15) is 0 Å². The smallest absolute Gasteiger partial charge is 0.222 e. The van der Waals surface area contributed by atoms with Crippen molar-refractivity contribution < 1.29 is 4.79 Å². The summed E-state index contributed by atoms with van der Waals surface area (Å²) in [5.74, 6) is -0.0941. The number of nitrogens with zero attached hydrogens (tertiary/aromatic N) is 1. The maximum atomic E-state index is 11.8. The van der Waals surface area contributed by atoms with Crippen molar-refractivity contribution in [1.29, 1.82) is 0 Å². The Kier molecular flexibility index (Phi) is 11.8. The van der Waals surface area contributed by atoms with Crippen molar-refractivity contribution in [2.75, 3.05) is 13.1 Å². The zero-order valence-corrected chi connectivity index (χ0v) is 14.2. The Balaban J connectivity index is 4.29. The molecule has 2 N–H and O–H groups in total. The number of unbranched alkanes of at least 4 members (excludes halogenated alkanes) is 5. The highest BCUT2D eigenvalue weighted by atomic mass is 16.1. The molecule has 20 heavy (non-hydrogen) atoms. The first kappa shape index (κ1) is 19.4. The van der Waals surface area contributed by atoms with Crippen LogP contribution in [-0.4, -0.2) is 29.9 Å². The van der Waals surface area contributed by atoms with E-state index >= 15 is 0 Å². The van der Waals surface area contributed by atoms with Crippen molar-refractivity contribution in [3.05, 3.63) is 0 Å². The van der Waals surface area contributed by atoms with Gasteiger partial charge < -0.3 is 10.6 Å². The van der Waals surface area contributed by atoms with E-state index < -0.39 is 0 Å². The Morgan fingerprint density at radius 3 is 1.95 bits per heavy atom. The monoisotopic (exact) mass is 284 g/mol. The van der Waals surface area contributed by atoms with E-state index in [2.05, 4.69) is 32.6 Å². The zero-order chi connectivity index (χ0) is 15.4. The highest BCUT2D eigenvalue weighted by molar-refractivity contribution is 5.77. The predicted octanol–water partition coefficient (Wildman–Crippen LogP) is 3.96. The summed E-state index contributed by atoms with van der Waals surface area (Å²) >= 11 is 0. The van der Waals surface area contributed by atoms with Crippen LogP contribution in [0.25, 0.3) is 0 Å². The van der Waals surface area contributed by atoms with Crippen LogP contribution >= 0.6 is 0 Å². The molecule has 0 saturated carbocycles. The summed E-state index contributed by atoms with van der Waals surface area (Å²) in [6, 6.07) is 0.318. The van der Waals surface area contributed by atoms with Crippen molar-refractivity contribution in [2.45, 2.75) is 85.1 Å². The van der Waals surface area contributed by atoms with Crippen LogP contribution in [0.15, 0.2) is 0 Å². The van der Waals surface area contributed by atoms with E-state index in [1.54, 1.807) is 0 Å². The van der Waals surface area contributed by atoms with Crippen molar-refractivity contribution >= 4 is 5.91 Å². The molecule has 0 aromatic carbocycles. The summed E-state index contributed by atoms with van der Waals surface area (Å²) in [5.41, 5.74) is 5.66. The highest BCUT2D eigenvalue weighted by Crippen LogP contribution is 2.21. The first-order valence-electron chi connectivity index (χ1n) is 8.65. The number of carbonyl (C=O) groups is 1. The molecule has 3 nitrogen and oxygen atoms in total. The molecular formula is C17H36N2O. The molecule has 0 aliphatic heterocycles. The Bertz CT molecular complexity index is 239. The minimum Gasteiger partial charge on any atom is -0.369 e. The van der Waals surface area contributed by atoms with Gasteiger partial charge >= 0.3 is 0 Å². The second-order valence-electron chi connectivity index (χ2n) is 5.76. The first-order chi connectivity index (χ1) is 9.62. The largest absolute Gasteiger partial charge is 0.369 e. The van der Waals surface area contributed by atoms with Crippen molar-refractivity contribution in [1.82, 2.24) is 4.90 Å². The second-order valence-corrected chi connectivity index (χ2v) is 5.76. The number of carbonyl (C=O) groups excluding carboxylic acids is 1. The van der Waals surface area contributed by atoms with Gasteiger partial charge in [0.15, 0.2) is 0 Å². The number of hydrogen-bond acceptors (Lipinski definition) is 2. The Labute approximate surface area is 126 Å². The third-order valence-corrected chi connectivity index (χ3v) is 4.40. The van der Waals surface area contributed by atoms with Gasteiger partial charge in [0, 0.05) is 6.04 Å². The lowest BCUT2D eigenvalue weighted by atomic mass is 9.89. The van der Waals surface area contributed by atoms with Crippen LogP contribution in [0.2, 0.25) is 0 Å². The molecule has 0 saturated heterocycles. The number of primary amides is 1. The normalized spacial score (nSPS) is 14.4. The van der Waals surface area contributed by atoms with E-state index in [1.807, 2.05) is 0 Å². The Morgan fingerprint density at radius 2 is 1.50 bits per heavy atom. The fourth-order valence-electron chi connectivity index (χ4n) is 3.16. The van der Waals surface area contributed by atoms with Gasteiger partial charge in [-0.15, -0.1) is 0 Å². The molecule has 0 heterocycles. The molecule has 0 radical (unpaired) electrons. The molecule has 0 rings (SSSR count). The molecule has 2 unspecified atom stereocenters. The van der Waals surface area contributed by atoms with Crippen LogP contribution in [0.5, 0.6) is 0 Å². The van der Waals surface area contributed by atoms with Gasteiger partial charge in [0.25, 0.3) is 0 Å². The quantitative estimate of drug-likeness (QED) is 0.520. The minimum atomic E-state index is -0.114. The molecule has 0 aliphatic carbocycles. The molecule has 120 valence electrons. The van der Waals surface area contributed by atoms with Crippen LogP contribution in [0.4, 0.5) is 0 Å². The molecule has 0 aromatic rings. The molecule has 0 aromatic heterocycles. The molecule has 0 spiro atoms. The Morgan fingerprint density at radius 1 is 0.950 bits per heavy atom. The topological polar surface area (TPSA) is 46.3 Å². The van der Waals surface area contributed by atoms with Gasteiger partial charge in [-0.05, 0) is 25.9 Å². The molecular weight excluding hydrogens is 248 g/mol. The van der Waals surface area contributed by atoms with Crippen LogP contribution in [-0.2, 0) is 4.79 Å². The lowest BCUT2D eigenvalue weighted by Gasteiger charge is -2.34. The SMILES string of the molecule is CCCCCCCCC(C(N)=O)C(CC)N(CC)CC. The maximum Gasteiger partial charge on any atom is 0.222 e. The number of rotatable bonds is 13. The van der Waals surface area contributed by atoms with E-state index in [0.717, 1.165) is 32.4 Å². The lowest BCUT2D eigenvalue weighted by Crippen LogP contribution is -2.45. The van der Waals surface area contributed by atoms with Gasteiger partial charge in [-0.25, -0.2) is 0 Å². The van der Waals surface area contributed by atoms with E-state index in [0.29, 0.717) is 6.04 Å². The predicted molar refractivity (Wildman–Crippen MR) is 87.7 cm³/mol. The van der Waals surface area contributed by atoms with Crippen molar-refractivity contribution in [3.8, 4) is 0 Å². The fourth-order valence-corrected chi connectivity index (χ4v) is 3.16. The number of hydrogen-bond donors (Lipinski definition) is 1. The first-order valence-corrected chi connectivity index (χ1v) is 8.65. The standard InChI is InChI=1S/C17H36N2O/c1-5-9-10-11-12-13-14-15(17(18)20)16(6-2)19(7-3)8-4/h15-16H,5-14H2,1-4H3,(H2,18,20). The molecule has 0 fully saturated rings. The fraction of sp³-hybridized carbons (Fsp3) is 0.941. The van der Waals surface area contributed by atoms with E-state index in [4.69, 9.17) is 5.73 Å². The summed E-state index contributed by atoms with van der Waals surface area (Å²) < 4.78 is 0. The summed E-state index contributed by atoms with van der Waals surface area (Å²) in [7, 11) is 0. The van der Waals surface area contributed by atoms with Gasteiger partial charge in [-0.1, -0.05) is 66.2 Å². The van der Waals surface area contributed by atoms with E-state index in [9.17, 15) is 4.79 Å². The summed E-state index contributed by atoms with van der Waals surface area (Å²) in [6.07, 6.45) is 9.56. The van der Waals surface area contributed by atoms with Crippen molar-refractivity contribution in [3.63, 3.8) is 0 Å². The van der Waals surface area contributed by atoms with Crippen LogP contribution in [0, 0.1) is 5.92 Å². The van der Waals surface area contributed by atoms with Crippen molar-refractivity contribution in [2.24, 2.45) is 11.7 Å². The lowest BCUT2D eigenvalue weighted by molar-refractivity contribution is -0.124. The van der Waals surface area contributed by atoms with Gasteiger partial charge in [0.2, 0.25) is 5.91 Å². The van der Waals surface area contributed by atoms with E-state index in [-0.39, 0.29) is 11.8 Å². The third-order valence-electron chi connectivity index (χ3n) is 4.40. The average Bonchev–Trinajstić information content (AvgIpc) is 2.44. The Hall–Kier alpha value is -0.570. The minimum absolute atomic E-state index is 0.0195. The van der Waals surface area contributed by atoms with Crippen LogP contribution < -0.4 is 5.73 Å². The van der Waals surface area contributed by atoms with E-state index in [1.165, 1.54) is 32.1 Å². The molecule has 3 heteroatoms.